The molecule has 1 saturated carbocycles. The first-order chi connectivity index (χ1) is 10.4. The lowest BCUT2D eigenvalue weighted by Gasteiger charge is -2.37. The highest BCUT2D eigenvalue weighted by Gasteiger charge is 2.45. The molecule has 1 aromatic carbocycles. The number of carbonyl (C=O) groups is 2. The number of hydrogen-bond acceptors (Lipinski definition) is 3. The van der Waals surface area contributed by atoms with Crippen LogP contribution in [0.4, 0.5) is 0 Å². The number of carbonyl (C=O) groups excluding carboxylic acids is 1. The van der Waals surface area contributed by atoms with Crippen molar-refractivity contribution in [3.63, 3.8) is 0 Å². The molecule has 22 heavy (non-hydrogen) atoms. The number of carboxylic acid groups (broad SMARTS) is 1. The molecule has 0 bridgehead atoms. The summed E-state index contributed by atoms with van der Waals surface area (Å²) in [5.41, 5.74) is 0.916. The Kier molecular flexibility index (Phi) is 5.22. The Labute approximate surface area is 131 Å². The van der Waals surface area contributed by atoms with Crippen molar-refractivity contribution < 1.29 is 19.4 Å². The van der Waals surface area contributed by atoms with Crippen molar-refractivity contribution in [1.29, 1.82) is 0 Å². The molecule has 0 heterocycles. The Hall–Kier alpha value is -1.84. The van der Waals surface area contributed by atoms with Gasteiger partial charge in [-0.25, -0.2) is 0 Å². The smallest absolute Gasteiger partial charge is 0.310 e. The number of carboxylic acids is 1. The van der Waals surface area contributed by atoms with Gasteiger partial charge in [-0.15, -0.1) is 0 Å². The van der Waals surface area contributed by atoms with Gasteiger partial charge in [-0.1, -0.05) is 44.2 Å². The molecule has 1 N–H and O–H groups in total. The Morgan fingerprint density at radius 1 is 1.09 bits per heavy atom. The van der Waals surface area contributed by atoms with Crippen LogP contribution in [0.2, 0.25) is 0 Å². The molecule has 1 unspecified atom stereocenters. The molecule has 0 amide bonds. The Morgan fingerprint density at radius 3 is 2.18 bits per heavy atom. The standard InChI is InChI=1S/C18H24O4/c1-11-9-10-12(2)16(15(11)17(19)20)18(21)22-13(3)14-7-5-4-6-8-14/h4-8,11-13,15-16H,9-10H2,1-3H3,(H,19,20)/t11-,12+,13?,15+,16-/m0/s1. The molecule has 1 fully saturated rings. The van der Waals surface area contributed by atoms with Crippen molar-refractivity contribution >= 4 is 11.9 Å². The van der Waals surface area contributed by atoms with E-state index in [9.17, 15) is 14.7 Å². The van der Waals surface area contributed by atoms with Gasteiger partial charge in [0.05, 0.1) is 11.8 Å². The van der Waals surface area contributed by atoms with Crippen LogP contribution in [0.3, 0.4) is 0 Å². The van der Waals surface area contributed by atoms with Crippen molar-refractivity contribution in [3.05, 3.63) is 35.9 Å². The first-order valence-electron chi connectivity index (χ1n) is 7.90. The summed E-state index contributed by atoms with van der Waals surface area (Å²) in [4.78, 5) is 24.1. The van der Waals surface area contributed by atoms with Crippen molar-refractivity contribution in [3.8, 4) is 0 Å². The third-order valence-corrected chi connectivity index (χ3v) is 4.81. The average Bonchev–Trinajstić information content (AvgIpc) is 2.49. The van der Waals surface area contributed by atoms with E-state index in [0.29, 0.717) is 0 Å². The van der Waals surface area contributed by atoms with Crippen LogP contribution in [-0.2, 0) is 14.3 Å². The molecule has 2 rings (SSSR count). The van der Waals surface area contributed by atoms with Crippen molar-refractivity contribution in [2.45, 2.75) is 39.7 Å². The lowest BCUT2D eigenvalue weighted by Crippen LogP contribution is -2.42. The van der Waals surface area contributed by atoms with Crippen LogP contribution in [0.15, 0.2) is 30.3 Å². The van der Waals surface area contributed by atoms with E-state index in [0.717, 1.165) is 18.4 Å². The quantitative estimate of drug-likeness (QED) is 0.862. The summed E-state index contributed by atoms with van der Waals surface area (Å²) in [5, 5.41) is 9.49. The maximum atomic E-state index is 12.6. The van der Waals surface area contributed by atoms with Gasteiger partial charge in [0.1, 0.15) is 6.10 Å². The summed E-state index contributed by atoms with van der Waals surface area (Å²) in [6.07, 6.45) is 1.34. The van der Waals surface area contributed by atoms with E-state index in [-0.39, 0.29) is 23.9 Å². The van der Waals surface area contributed by atoms with Gasteiger partial charge in [-0.3, -0.25) is 9.59 Å². The molecule has 1 aromatic rings. The molecule has 0 aliphatic heterocycles. The molecule has 120 valence electrons. The molecule has 1 aliphatic carbocycles. The highest BCUT2D eigenvalue weighted by molar-refractivity contribution is 5.82. The lowest BCUT2D eigenvalue weighted by atomic mass is 9.67. The van der Waals surface area contributed by atoms with E-state index in [2.05, 4.69) is 0 Å². The second-order valence-electron chi connectivity index (χ2n) is 6.41. The Balaban J connectivity index is 2.13. The van der Waals surface area contributed by atoms with E-state index in [1.165, 1.54) is 0 Å². The molecule has 5 atom stereocenters. The zero-order valence-corrected chi connectivity index (χ0v) is 13.4. The summed E-state index contributed by atoms with van der Waals surface area (Å²) in [6, 6.07) is 9.50. The maximum absolute atomic E-state index is 12.6. The van der Waals surface area contributed by atoms with Crippen LogP contribution in [-0.4, -0.2) is 17.0 Å². The number of esters is 1. The van der Waals surface area contributed by atoms with Gasteiger partial charge in [-0.05, 0) is 37.2 Å². The van der Waals surface area contributed by atoms with Gasteiger partial charge >= 0.3 is 11.9 Å². The monoisotopic (exact) mass is 304 g/mol. The summed E-state index contributed by atoms with van der Waals surface area (Å²) >= 11 is 0. The van der Waals surface area contributed by atoms with Crippen LogP contribution in [0, 0.1) is 23.7 Å². The third-order valence-electron chi connectivity index (χ3n) is 4.81. The molecule has 0 aromatic heterocycles. The number of ether oxygens (including phenoxy) is 1. The average molecular weight is 304 g/mol. The first kappa shape index (κ1) is 16.5. The molecule has 0 saturated heterocycles. The fourth-order valence-electron chi connectivity index (χ4n) is 3.41. The van der Waals surface area contributed by atoms with Gasteiger partial charge in [-0.2, -0.15) is 0 Å². The van der Waals surface area contributed by atoms with Gasteiger partial charge in [0.2, 0.25) is 0 Å². The Morgan fingerprint density at radius 2 is 1.64 bits per heavy atom. The number of hydrogen-bond donors (Lipinski definition) is 1. The van der Waals surface area contributed by atoms with Crippen LogP contribution in [0.5, 0.6) is 0 Å². The summed E-state index contributed by atoms with van der Waals surface area (Å²) in [5.74, 6) is -2.46. The van der Waals surface area contributed by atoms with Crippen LogP contribution >= 0.6 is 0 Å². The third kappa shape index (κ3) is 3.49. The highest BCUT2D eigenvalue weighted by atomic mass is 16.5. The normalized spacial score (nSPS) is 29.6. The predicted octanol–water partition coefficient (Wildman–Crippen LogP) is 3.67. The SMILES string of the molecule is CC(OC(=O)[C@@H]1[C@H](C(=O)O)[C@@H](C)CC[C@H]1C)c1ccccc1. The van der Waals surface area contributed by atoms with Gasteiger partial charge < -0.3 is 9.84 Å². The van der Waals surface area contributed by atoms with Crippen LogP contribution < -0.4 is 0 Å². The summed E-state index contributed by atoms with van der Waals surface area (Å²) in [7, 11) is 0. The second kappa shape index (κ2) is 6.95. The van der Waals surface area contributed by atoms with E-state index >= 15 is 0 Å². The van der Waals surface area contributed by atoms with Gasteiger partial charge in [0.25, 0.3) is 0 Å². The number of benzene rings is 1. The minimum absolute atomic E-state index is 0.00159. The van der Waals surface area contributed by atoms with Gasteiger partial charge in [0, 0.05) is 0 Å². The summed E-state index contributed by atoms with van der Waals surface area (Å²) in [6.45, 7) is 5.67. The second-order valence-corrected chi connectivity index (χ2v) is 6.41. The van der Waals surface area contributed by atoms with Crippen molar-refractivity contribution in [2.24, 2.45) is 23.7 Å². The highest BCUT2D eigenvalue weighted by Crippen LogP contribution is 2.40. The zero-order valence-electron chi connectivity index (χ0n) is 13.4. The van der Waals surface area contributed by atoms with E-state index < -0.39 is 17.8 Å². The lowest BCUT2D eigenvalue weighted by molar-refractivity contribution is -0.168. The van der Waals surface area contributed by atoms with Gasteiger partial charge in [0.15, 0.2) is 0 Å². The van der Waals surface area contributed by atoms with Crippen molar-refractivity contribution in [2.75, 3.05) is 0 Å². The van der Waals surface area contributed by atoms with E-state index in [1.807, 2.05) is 51.1 Å². The minimum Gasteiger partial charge on any atom is -0.481 e. The molecule has 4 nitrogen and oxygen atoms in total. The molecular weight excluding hydrogens is 280 g/mol. The maximum Gasteiger partial charge on any atom is 0.310 e. The number of aliphatic carboxylic acids is 1. The predicted molar refractivity (Wildman–Crippen MR) is 83.1 cm³/mol. The number of rotatable bonds is 4. The molecule has 0 spiro atoms. The molecule has 1 aliphatic rings. The zero-order chi connectivity index (χ0) is 16.3. The molecule has 4 heteroatoms. The van der Waals surface area contributed by atoms with Crippen LogP contribution in [0.25, 0.3) is 0 Å². The largest absolute Gasteiger partial charge is 0.481 e. The van der Waals surface area contributed by atoms with E-state index in [1.54, 1.807) is 0 Å². The van der Waals surface area contributed by atoms with Crippen molar-refractivity contribution in [1.82, 2.24) is 0 Å². The fraction of sp³-hybridized carbons (Fsp3) is 0.556. The topological polar surface area (TPSA) is 63.6 Å². The first-order valence-corrected chi connectivity index (χ1v) is 7.90. The Bertz CT molecular complexity index is 525. The van der Waals surface area contributed by atoms with Crippen LogP contribution in [0.1, 0.15) is 45.3 Å². The fourth-order valence-corrected chi connectivity index (χ4v) is 3.41. The molecule has 0 radical (unpaired) electrons. The summed E-state index contributed by atoms with van der Waals surface area (Å²) < 4.78 is 5.57. The minimum atomic E-state index is -0.895. The van der Waals surface area contributed by atoms with E-state index in [4.69, 9.17) is 4.74 Å². The molecular formula is C18H24O4.